The number of hydrogen-bond donors (Lipinski definition) is 2. The number of rotatable bonds is 6. The van der Waals surface area contributed by atoms with Crippen molar-refractivity contribution in [2.45, 2.75) is 50.9 Å². The third-order valence-corrected chi connectivity index (χ3v) is 5.40. The smallest absolute Gasteiger partial charge is 0.261 e. The maximum atomic E-state index is 12.6. The summed E-state index contributed by atoms with van der Waals surface area (Å²) < 4.78 is 5.75. The third-order valence-electron chi connectivity index (χ3n) is 4.42. The molecule has 1 fully saturated rings. The van der Waals surface area contributed by atoms with E-state index < -0.39 is 6.10 Å². The number of carbonyl (C=O) groups is 1. The molecule has 1 heterocycles. The van der Waals surface area contributed by atoms with Gasteiger partial charge in [-0.05, 0) is 37.5 Å². The van der Waals surface area contributed by atoms with Crippen LogP contribution in [0.3, 0.4) is 0 Å². The molecular weight excluding hydrogens is 324 g/mol. The lowest BCUT2D eigenvalue weighted by Gasteiger charge is -2.29. The molecule has 0 radical (unpaired) electrons. The molecule has 128 valence electrons. The molecule has 1 aromatic carbocycles. The summed E-state index contributed by atoms with van der Waals surface area (Å²) in [6, 6.07) is 7.15. The summed E-state index contributed by atoms with van der Waals surface area (Å²) in [5, 5.41) is 15.3. The lowest BCUT2D eigenvalue weighted by Crippen LogP contribution is -2.48. The van der Waals surface area contributed by atoms with Crippen LogP contribution in [0.25, 0.3) is 0 Å². The average molecular weight is 346 g/mol. The standard InChI is InChI=1S/C18H22N2O3S/c1-13(23-15-6-4-5-14(11-15)12-21)16(22)20-18(7-2-3-8-18)17-19-9-10-24-17/h4-6,9-11,13,21H,2-3,7-8,12H2,1H3,(H,20,22). The van der Waals surface area contributed by atoms with Gasteiger partial charge in [-0.3, -0.25) is 4.79 Å². The lowest BCUT2D eigenvalue weighted by atomic mass is 9.98. The van der Waals surface area contributed by atoms with Crippen molar-refractivity contribution in [3.63, 3.8) is 0 Å². The number of aliphatic hydroxyl groups excluding tert-OH is 1. The Labute approximate surface area is 145 Å². The summed E-state index contributed by atoms with van der Waals surface area (Å²) in [4.78, 5) is 17.1. The van der Waals surface area contributed by atoms with Crippen LogP contribution in [-0.4, -0.2) is 22.1 Å². The average Bonchev–Trinajstić information content (AvgIpc) is 3.27. The van der Waals surface area contributed by atoms with Crippen molar-refractivity contribution < 1.29 is 14.6 Å². The van der Waals surface area contributed by atoms with E-state index in [1.165, 1.54) is 0 Å². The minimum absolute atomic E-state index is 0.0507. The van der Waals surface area contributed by atoms with Crippen molar-refractivity contribution >= 4 is 17.2 Å². The Hall–Kier alpha value is -1.92. The predicted molar refractivity (Wildman–Crippen MR) is 92.9 cm³/mol. The molecule has 1 aromatic heterocycles. The van der Waals surface area contributed by atoms with Crippen molar-refractivity contribution in [3.8, 4) is 5.75 Å². The fourth-order valence-electron chi connectivity index (χ4n) is 3.14. The van der Waals surface area contributed by atoms with Crippen LogP contribution in [0.15, 0.2) is 35.8 Å². The van der Waals surface area contributed by atoms with Gasteiger partial charge in [0.1, 0.15) is 10.8 Å². The molecule has 24 heavy (non-hydrogen) atoms. The van der Waals surface area contributed by atoms with Crippen molar-refractivity contribution in [2.24, 2.45) is 0 Å². The van der Waals surface area contributed by atoms with E-state index in [1.54, 1.807) is 42.7 Å². The largest absolute Gasteiger partial charge is 0.481 e. The van der Waals surface area contributed by atoms with E-state index in [9.17, 15) is 9.90 Å². The summed E-state index contributed by atoms with van der Waals surface area (Å²) in [6.07, 6.45) is 5.18. The van der Waals surface area contributed by atoms with Crippen LogP contribution in [-0.2, 0) is 16.9 Å². The molecule has 3 rings (SSSR count). The van der Waals surface area contributed by atoms with Gasteiger partial charge in [-0.15, -0.1) is 11.3 Å². The quantitative estimate of drug-likeness (QED) is 0.843. The Kier molecular flexibility index (Phi) is 5.16. The molecule has 1 aliphatic rings. The molecular formula is C18H22N2O3S. The molecule has 5 nitrogen and oxygen atoms in total. The first-order chi connectivity index (χ1) is 11.6. The summed E-state index contributed by atoms with van der Waals surface area (Å²) in [6.45, 7) is 1.69. The third kappa shape index (κ3) is 3.60. The minimum atomic E-state index is -0.614. The molecule has 2 aromatic rings. The van der Waals surface area contributed by atoms with E-state index in [4.69, 9.17) is 4.74 Å². The zero-order valence-corrected chi connectivity index (χ0v) is 14.5. The molecule has 1 amide bonds. The topological polar surface area (TPSA) is 71.5 Å². The number of hydrogen-bond acceptors (Lipinski definition) is 5. The second kappa shape index (κ2) is 7.32. The number of carbonyl (C=O) groups excluding carboxylic acids is 1. The molecule has 0 saturated heterocycles. The first-order valence-corrected chi connectivity index (χ1v) is 9.09. The zero-order valence-electron chi connectivity index (χ0n) is 13.7. The minimum Gasteiger partial charge on any atom is -0.481 e. The van der Waals surface area contributed by atoms with Gasteiger partial charge >= 0.3 is 0 Å². The van der Waals surface area contributed by atoms with Crippen LogP contribution in [0.4, 0.5) is 0 Å². The van der Waals surface area contributed by atoms with Gasteiger partial charge in [-0.2, -0.15) is 0 Å². The number of aromatic nitrogens is 1. The summed E-state index contributed by atoms with van der Waals surface area (Å²) >= 11 is 1.59. The molecule has 1 atom stereocenters. The van der Waals surface area contributed by atoms with Crippen molar-refractivity contribution in [2.75, 3.05) is 0 Å². The highest BCUT2D eigenvalue weighted by atomic mass is 32.1. The number of nitrogens with one attached hydrogen (secondary N) is 1. The number of aliphatic hydroxyl groups is 1. The van der Waals surface area contributed by atoms with E-state index in [2.05, 4.69) is 10.3 Å². The van der Waals surface area contributed by atoms with Crippen LogP contribution in [0.5, 0.6) is 5.75 Å². The molecule has 0 bridgehead atoms. The van der Waals surface area contributed by atoms with Gasteiger partial charge in [0.15, 0.2) is 6.10 Å². The van der Waals surface area contributed by atoms with Crippen LogP contribution in [0, 0.1) is 0 Å². The fraction of sp³-hybridized carbons (Fsp3) is 0.444. The van der Waals surface area contributed by atoms with Crippen LogP contribution in [0.1, 0.15) is 43.2 Å². The van der Waals surface area contributed by atoms with E-state index in [-0.39, 0.29) is 18.1 Å². The number of ether oxygens (including phenoxy) is 1. The molecule has 2 N–H and O–H groups in total. The predicted octanol–water partition coefficient (Wildman–Crippen LogP) is 2.99. The molecule has 1 unspecified atom stereocenters. The summed E-state index contributed by atoms with van der Waals surface area (Å²) in [7, 11) is 0. The second-order valence-corrected chi connectivity index (χ2v) is 7.08. The number of benzene rings is 1. The van der Waals surface area contributed by atoms with Gasteiger partial charge in [0.25, 0.3) is 5.91 Å². The SMILES string of the molecule is CC(Oc1cccc(CO)c1)C(=O)NC1(c2nccs2)CCCC1. The highest BCUT2D eigenvalue weighted by Gasteiger charge is 2.40. The number of amides is 1. The summed E-state index contributed by atoms with van der Waals surface area (Å²) in [5.41, 5.74) is 0.408. The maximum absolute atomic E-state index is 12.6. The molecule has 0 aliphatic heterocycles. The highest BCUT2D eigenvalue weighted by molar-refractivity contribution is 7.09. The normalized spacial score (nSPS) is 17.4. The van der Waals surface area contributed by atoms with Gasteiger partial charge in [0.2, 0.25) is 0 Å². The first kappa shape index (κ1) is 16.9. The molecule has 1 saturated carbocycles. The van der Waals surface area contributed by atoms with E-state index in [0.717, 1.165) is 36.3 Å². The van der Waals surface area contributed by atoms with E-state index in [1.807, 2.05) is 11.4 Å². The fourth-order valence-corrected chi connectivity index (χ4v) is 4.00. The maximum Gasteiger partial charge on any atom is 0.261 e. The van der Waals surface area contributed by atoms with Crippen molar-refractivity contribution in [1.82, 2.24) is 10.3 Å². The molecule has 6 heteroatoms. The lowest BCUT2D eigenvalue weighted by molar-refractivity contribution is -0.129. The molecule has 1 aliphatic carbocycles. The number of nitrogens with zero attached hydrogens (tertiary/aromatic N) is 1. The van der Waals surface area contributed by atoms with Crippen molar-refractivity contribution in [3.05, 3.63) is 46.4 Å². The highest BCUT2D eigenvalue weighted by Crippen LogP contribution is 2.39. The molecule has 0 spiro atoms. The zero-order chi connectivity index (χ0) is 17.0. The second-order valence-electron chi connectivity index (χ2n) is 6.18. The van der Waals surface area contributed by atoms with Gasteiger partial charge in [0.05, 0.1) is 12.1 Å². The summed E-state index contributed by atoms with van der Waals surface area (Å²) in [5.74, 6) is 0.445. The van der Waals surface area contributed by atoms with E-state index >= 15 is 0 Å². The first-order valence-electron chi connectivity index (χ1n) is 8.21. The van der Waals surface area contributed by atoms with Crippen LogP contribution >= 0.6 is 11.3 Å². The van der Waals surface area contributed by atoms with Gasteiger partial charge in [-0.25, -0.2) is 4.98 Å². The monoisotopic (exact) mass is 346 g/mol. The Morgan fingerprint density at radius 1 is 1.46 bits per heavy atom. The van der Waals surface area contributed by atoms with Gasteiger partial charge < -0.3 is 15.2 Å². The number of thiazole rings is 1. The Balaban J connectivity index is 1.69. The van der Waals surface area contributed by atoms with Crippen LogP contribution in [0.2, 0.25) is 0 Å². The van der Waals surface area contributed by atoms with Gasteiger partial charge in [-0.1, -0.05) is 25.0 Å². The van der Waals surface area contributed by atoms with Gasteiger partial charge in [0, 0.05) is 11.6 Å². The van der Waals surface area contributed by atoms with E-state index in [0.29, 0.717) is 5.75 Å². The van der Waals surface area contributed by atoms with Crippen molar-refractivity contribution in [1.29, 1.82) is 0 Å². The van der Waals surface area contributed by atoms with Crippen LogP contribution < -0.4 is 10.1 Å². The Morgan fingerprint density at radius 3 is 2.92 bits per heavy atom. The Morgan fingerprint density at radius 2 is 2.25 bits per heavy atom. The Bertz CT molecular complexity index is 681.